The van der Waals surface area contributed by atoms with Gasteiger partial charge in [0.05, 0.1) is 5.92 Å². The van der Waals surface area contributed by atoms with Crippen LogP contribution in [0.25, 0.3) is 0 Å². The van der Waals surface area contributed by atoms with Crippen LogP contribution in [-0.2, 0) is 4.79 Å². The van der Waals surface area contributed by atoms with Crippen LogP contribution >= 0.6 is 0 Å². The maximum Gasteiger partial charge on any atom is 0.307 e. The maximum atomic E-state index is 11.2. The van der Waals surface area contributed by atoms with Crippen molar-refractivity contribution in [2.45, 2.75) is 52.9 Å². The van der Waals surface area contributed by atoms with Crippen molar-refractivity contribution in [3.05, 3.63) is 0 Å². The Balaban J connectivity index is 2.79. The largest absolute Gasteiger partial charge is 0.481 e. The summed E-state index contributed by atoms with van der Waals surface area (Å²) in [5, 5.41) is 9.26. The molecule has 1 aliphatic rings. The summed E-state index contributed by atoms with van der Waals surface area (Å²) in [6.45, 7) is 6.21. The third kappa shape index (κ3) is 2.28. The third-order valence-corrected chi connectivity index (χ3v) is 3.68. The molecule has 0 aromatic heterocycles. The molecule has 2 nitrogen and oxygen atoms in total. The summed E-state index contributed by atoms with van der Waals surface area (Å²) < 4.78 is 0. The van der Waals surface area contributed by atoms with Gasteiger partial charge in [-0.05, 0) is 24.2 Å². The molecule has 0 bridgehead atoms. The number of carbonyl (C=O) groups is 1. The summed E-state index contributed by atoms with van der Waals surface area (Å²) >= 11 is 0. The van der Waals surface area contributed by atoms with E-state index in [1.54, 1.807) is 0 Å². The molecule has 1 unspecified atom stereocenters. The molecule has 1 aliphatic carbocycles. The van der Waals surface area contributed by atoms with Crippen LogP contribution in [0.1, 0.15) is 52.9 Å². The molecule has 82 valence electrons. The molecule has 1 rings (SSSR count). The normalized spacial score (nSPS) is 23.4. The Bertz CT molecular complexity index is 202. The summed E-state index contributed by atoms with van der Waals surface area (Å²) in [5.74, 6) is -0.525. The van der Waals surface area contributed by atoms with Crippen LogP contribution in [0.4, 0.5) is 0 Å². The Morgan fingerprint density at radius 1 is 1.21 bits per heavy atom. The fourth-order valence-electron chi connectivity index (χ4n) is 3.06. The van der Waals surface area contributed by atoms with E-state index in [2.05, 4.69) is 6.92 Å². The summed E-state index contributed by atoms with van der Waals surface area (Å²) in [5.41, 5.74) is 0.0399. The van der Waals surface area contributed by atoms with E-state index in [1.165, 1.54) is 19.3 Å². The molecule has 0 spiro atoms. The Labute approximate surface area is 86.7 Å². The standard InChI is InChI=1S/C12H22O2/c1-9(2)10(11(13)14)12(3)7-5-4-6-8-12/h9-10H,4-8H2,1-3H3,(H,13,14). The highest BCUT2D eigenvalue weighted by Gasteiger charge is 2.41. The van der Waals surface area contributed by atoms with Crippen molar-refractivity contribution in [2.24, 2.45) is 17.3 Å². The van der Waals surface area contributed by atoms with E-state index in [-0.39, 0.29) is 17.3 Å². The zero-order valence-corrected chi connectivity index (χ0v) is 9.55. The van der Waals surface area contributed by atoms with Crippen LogP contribution in [0.15, 0.2) is 0 Å². The molecule has 14 heavy (non-hydrogen) atoms. The predicted octanol–water partition coefficient (Wildman–Crippen LogP) is 3.31. The van der Waals surface area contributed by atoms with Crippen LogP contribution in [0.2, 0.25) is 0 Å². The van der Waals surface area contributed by atoms with Crippen LogP contribution in [0, 0.1) is 17.3 Å². The van der Waals surface area contributed by atoms with Gasteiger partial charge in [-0.2, -0.15) is 0 Å². The second kappa shape index (κ2) is 4.33. The van der Waals surface area contributed by atoms with E-state index < -0.39 is 5.97 Å². The highest BCUT2D eigenvalue weighted by molar-refractivity contribution is 5.71. The maximum absolute atomic E-state index is 11.2. The number of hydrogen-bond donors (Lipinski definition) is 1. The van der Waals surface area contributed by atoms with E-state index in [9.17, 15) is 9.90 Å². The van der Waals surface area contributed by atoms with Crippen LogP contribution in [0.3, 0.4) is 0 Å². The lowest BCUT2D eigenvalue weighted by Crippen LogP contribution is -2.38. The fourth-order valence-corrected chi connectivity index (χ4v) is 3.06. The summed E-state index contributed by atoms with van der Waals surface area (Å²) in [6, 6.07) is 0. The molecule has 0 aromatic carbocycles. The zero-order chi connectivity index (χ0) is 10.8. The van der Waals surface area contributed by atoms with Gasteiger partial charge < -0.3 is 5.11 Å². The van der Waals surface area contributed by atoms with E-state index in [1.807, 2.05) is 13.8 Å². The van der Waals surface area contributed by atoms with Gasteiger partial charge in [-0.3, -0.25) is 4.79 Å². The first-order valence-electron chi connectivity index (χ1n) is 5.70. The minimum absolute atomic E-state index is 0.0399. The van der Waals surface area contributed by atoms with E-state index >= 15 is 0 Å². The molecule has 0 heterocycles. The molecule has 1 N–H and O–H groups in total. The van der Waals surface area contributed by atoms with Crippen molar-refractivity contribution < 1.29 is 9.90 Å². The van der Waals surface area contributed by atoms with Crippen LogP contribution < -0.4 is 0 Å². The summed E-state index contributed by atoms with van der Waals surface area (Å²) in [4.78, 5) is 11.2. The number of aliphatic carboxylic acids is 1. The molecule has 1 fully saturated rings. The van der Waals surface area contributed by atoms with Gasteiger partial charge in [0, 0.05) is 0 Å². The summed E-state index contributed by atoms with van der Waals surface area (Å²) in [7, 11) is 0. The average molecular weight is 198 g/mol. The molecule has 1 atom stereocenters. The first-order valence-corrected chi connectivity index (χ1v) is 5.70. The number of carboxylic acid groups (broad SMARTS) is 1. The van der Waals surface area contributed by atoms with Gasteiger partial charge in [-0.1, -0.05) is 40.0 Å². The van der Waals surface area contributed by atoms with Crippen molar-refractivity contribution in [2.75, 3.05) is 0 Å². The van der Waals surface area contributed by atoms with Crippen molar-refractivity contribution >= 4 is 5.97 Å². The monoisotopic (exact) mass is 198 g/mol. The second-order valence-electron chi connectivity index (χ2n) is 5.27. The number of rotatable bonds is 3. The fraction of sp³-hybridized carbons (Fsp3) is 0.917. The Hall–Kier alpha value is -0.530. The Morgan fingerprint density at radius 2 is 1.71 bits per heavy atom. The van der Waals surface area contributed by atoms with Crippen LogP contribution in [-0.4, -0.2) is 11.1 Å². The summed E-state index contributed by atoms with van der Waals surface area (Å²) in [6.07, 6.45) is 5.85. The first-order chi connectivity index (χ1) is 6.47. The molecule has 2 heteroatoms. The third-order valence-electron chi connectivity index (χ3n) is 3.68. The van der Waals surface area contributed by atoms with Crippen molar-refractivity contribution in [1.29, 1.82) is 0 Å². The van der Waals surface area contributed by atoms with E-state index in [4.69, 9.17) is 0 Å². The Morgan fingerprint density at radius 3 is 2.07 bits per heavy atom. The van der Waals surface area contributed by atoms with E-state index in [0.717, 1.165) is 12.8 Å². The highest BCUT2D eigenvalue weighted by Crippen LogP contribution is 2.45. The van der Waals surface area contributed by atoms with Crippen molar-refractivity contribution in [3.8, 4) is 0 Å². The molecule has 0 aliphatic heterocycles. The minimum atomic E-state index is -0.607. The molecular formula is C12H22O2. The lowest BCUT2D eigenvalue weighted by molar-refractivity contribution is -0.149. The van der Waals surface area contributed by atoms with Gasteiger partial charge in [0.15, 0.2) is 0 Å². The van der Waals surface area contributed by atoms with Gasteiger partial charge in [-0.15, -0.1) is 0 Å². The van der Waals surface area contributed by atoms with Gasteiger partial charge >= 0.3 is 5.97 Å². The Kier molecular flexibility index (Phi) is 3.57. The molecule has 1 saturated carbocycles. The van der Waals surface area contributed by atoms with Crippen LogP contribution in [0.5, 0.6) is 0 Å². The van der Waals surface area contributed by atoms with E-state index in [0.29, 0.717) is 0 Å². The van der Waals surface area contributed by atoms with Gasteiger partial charge in [0.25, 0.3) is 0 Å². The van der Waals surface area contributed by atoms with Crippen molar-refractivity contribution in [3.63, 3.8) is 0 Å². The molecule has 0 aromatic rings. The average Bonchev–Trinajstić information content (AvgIpc) is 2.02. The highest BCUT2D eigenvalue weighted by atomic mass is 16.4. The minimum Gasteiger partial charge on any atom is -0.481 e. The molecule has 0 radical (unpaired) electrons. The van der Waals surface area contributed by atoms with Gasteiger partial charge in [0.1, 0.15) is 0 Å². The first kappa shape index (κ1) is 11.5. The number of carboxylic acids is 1. The second-order valence-corrected chi connectivity index (χ2v) is 5.27. The topological polar surface area (TPSA) is 37.3 Å². The number of hydrogen-bond acceptors (Lipinski definition) is 1. The van der Waals surface area contributed by atoms with Crippen molar-refractivity contribution in [1.82, 2.24) is 0 Å². The van der Waals surface area contributed by atoms with Gasteiger partial charge in [-0.25, -0.2) is 0 Å². The predicted molar refractivity (Wildman–Crippen MR) is 57.2 cm³/mol. The zero-order valence-electron chi connectivity index (χ0n) is 9.55. The lowest BCUT2D eigenvalue weighted by Gasteiger charge is -2.40. The van der Waals surface area contributed by atoms with Gasteiger partial charge in [0.2, 0.25) is 0 Å². The molecular weight excluding hydrogens is 176 g/mol. The molecule has 0 saturated heterocycles. The smallest absolute Gasteiger partial charge is 0.307 e. The lowest BCUT2D eigenvalue weighted by atomic mass is 9.64. The molecule has 0 amide bonds. The SMILES string of the molecule is CC(C)C(C(=O)O)C1(C)CCCCC1. The quantitative estimate of drug-likeness (QED) is 0.755.